The molecule has 0 bridgehead atoms. The van der Waals surface area contributed by atoms with Crippen LogP contribution in [0.2, 0.25) is 0 Å². The van der Waals surface area contributed by atoms with Crippen LogP contribution in [0.4, 0.5) is 10.1 Å². The van der Waals surface area contributed by atoms with Gasteiger partial charge in [0.05, 0.1) is 12.5 Å². The van der Waals surface area contributed by atoms with E-state index in [-0.39, 0.29) is 17.8 Å². The number of hydrogen-bond acceptors (Lipinski definition) is 2. The molecule has 1 aliphatic heterocycles. The molecule has 86 valence electrons. The van der Waals surface area contributed by atoms with E-state index in [0.717, 1.165) is 19.4 Å². The van der Waals surface area contributed by atoms with Crippen molar-refractivity contribution in [1.82, 2.24) is 0 Å². The number of carbonyl (C=O) groups excluding carboxylic acids is 1. The number of rotatable bonds is 3. The van der Waals surface area contributed by atoms with Crippen molar-refractivity contribution >= 4 is 11.6 Å². The average Bonchev–Trinajstić information content (AvgIpc) is 2.70. The predicted molar refractivity (Wildman–Crippen MR) is 58.6 cm³/mol. The Morgan fingerprint density at radius 3 is 3.12 bits per heavy atom. The van der Waals surface area contributed by atoms with Gasteiger partial charge in [-0.1, -0.05) is 6.07 Å². The van der Waals surface area contributed by atoms with Gasteiger partial charge < -0.3 is 10.1 Å². The van der Waals surface area contributed by atoms with Crippen molar-refractivity contribution in [3.63, 3.8) is 0 Å². The third-order valence-electron chi connectivity index (χ3n) is 2.55. The molecule has 3 nitrogen and oxygen atoms in total. The first-order valence-corrected chi connectivity index (χ1v) is 5.41. The summed E-state index contributed by atoms with van der Waals surface area (Å²) in [5.74, 6) is -0.479. The van der Waals surface area contributed by atoms with Crippen molar-refractivity contribution in [3.8, 4) is 0 Å². The minimum atomic E-state index is -0.352. The number of amides is 1. The Kier molecular flexibility index (Phi) is 3.51. The van der Waals surface area contributed by atoms with Crippen LogP contribution in [0.15, 0.2) is 24.3 Å². The summed E-state index contributed by atoms with van der Waals surface area (Å²) >= 11 is 0. The highest BCUT2D eigenvalue weighted by Crippen LogP contribution is 2.16. The first-order valence-electron chi connectivity index (χ1n) is 5.41. The molecule has 16 heavy (non-hydrogen) atoms. The Labute approximate surface area is 93.6 Å². The fraction of sp³-hybridized carbons (Fsp3) is 0.417. The van der Waals surface area contributed by atoms with Crippen LogP contribution in [0.1, 0.15) is 19.3 Å². The Morgan fingerprint density at radius 2 is 2.44 bits per heavy atom. The molecule has 1 atom stereocenters. The van der Waals surface area contributed by atoms with E-state index in [0.29, 0.717) is 12.1 Å². The molecule has 0 radical (unpaired) electrons. The molecule has 4 heteroatoms. The lowest BCUT2D eigenvalue weighted by Gasteiger charge is -2.09. The van der Waals surface area contributed by atoms with Crippen LogP contribution in [-0.4, -0.2) is 18.6 Å². The summed E-state index contributed by atoms with van der Waals surface area (Å²) in [7, 11) is 0. The first kappa shape index (κ1) is 11.1. The molecule has 1 aromatic rings. The molecule has 1 unspecified atom stereocenters. The summed E-state index contributed by atoms with van der Waals surface area (Å²) in [5, 5.41) is 2.65. The van der Waals surface area contributed by atoms with E-state index in [1.54, 1.807) is 12.1 Å². The molecule has 0 aliphatic carbocycles. The summed E-state index contributed by atoms with van der Waals surface area (Å²) in [5.41, 5.74) is 0.489. The summed E-state index contributed by atoms with van der Waals surface area (Å²) < 4.78 is 18.2. The molecular weight excluding hydrogens is 209 g/mol. The van der Waals surface area contributed by atoms with Crippen LogP contribution >= 0.6 is 0 Å². The number of anilines is 1. The van der Waals surface area contributed by atoms with Crippen molar-refractivity contribution in [2.45, 2.75) is 25.4 Å². The standard InChI is InChI=1S/C12H14FNO2/c13-9-3-1-4-10(7-9)14-12(15)8-11-5-2-6-16-11/h1,3-4,7,11H,2,5-6,8H2,(H,14,15). The predicted octanol–water partition coefficient (Wildman–Crippen LogP) is 2.33. The van der Waals surface area contributed by atoms with Gasteiger partial charge in [-0.25, -0.2) is 4.39 Å². The highest BCUT2D eigenvalue weighted by Gasteiger charge is 2.18. The average molecular weight is 223 g/mol. The van der Waals surface area contributed by atoms with Crippen molar-refractivity contribution in [1.29, 1.82) is 0 Å². The third-order valence-corrected chi connectivity index (χ3v) is 2.55. The number of nitrogens with one attached hydrogen (secondary N) is 1. The number of ether oxygens (including phenoxy) is 1. The molecule has 1 saturated heterocycles. The summed E-state index contributed by atoms with van der Waals surface area (Å²) in [6, 6.07) is 5.87. The summed E-state index contributed by atoms with van der Waals surface area (Å²) in [4.78, 5) is 11.6. The Hall–Kier alpha value is -1.42. The molecule has 1 fully saturated rings. The molecular formula is C12H14FNO2. The fourth-order valence-corrected chi connectivity index (χ4v) is 1.79. The number of benzene rings is 1. The molecule has 0 saturated carbocycles. The zero-order valence-corrected chi connectivity index (χ0v) is 8.91. The normalized spacial score (nSPS) is 19.7. The largest absolute Gasteiger partial charge is 0.378 e. The third kappa shape index (κ3) is 3.03. The van der Waals surface area contributed by atoms with Gasteiger partial charge in [0.1, 0.15) is 5.82 Å². The Bertz CT molecular complexity index is 375. The molecule has 1 amide bonds. The lowest BCUT2D eigenvalue weighted by molar-refractivity contribution is -0.118. The minimum absolute atomic E-state index is 0.0218. The van der Waals surface area contributed by atoms with Gasteiger partial charge in [-0.3, -0.25) is 4.79 Å². The van der Waals surface area contributed by atoms with Gasteiger partial charge in [0.2, 0.25) is 5.91 Å². The van der Waals surface area contributed by atoms with E-state index >= 15 is 0 Å². The Morgan fingerprint density at radius 1 is 1.56 bits per heavy atom. The topological polar surface area (TPSA) is 38.3 Å². The van der Waals surface area contributed by atoms with Crippen LogP contribution in [-0.2, 0) is 9.53 Å². The second kappa shape index (κ2) is 5.07. The van der Waals surface area contributed by atoms with Crippen LogP contribution in [0.25, 0.3) is 0 Å². The first-order chi connectivity index (χ1) is 7.74. The maximum absolute atomic E-state index is 12.8. The number of halogens is 1. The van der Waals surface area contributed by atoms with E-state index in [9.17, 15) is 9.18 Å². The monoisotopic (exact) mass is 223 g/mol. The van der Waals surface area contributed by atoms with Gasteiger partial charge >= 0.3 is 0 Å². The highest BCUT2D eigenvalue weighted by molar-refractivity contribution is 5.90. The smallest absolute Gasteiger partial charge is 0.226 e. The number of hydrogen-bond donors (Lipinski definition) is 1. The van der Waals surface area contributed by atoms with Gasteiger partial charge in [0.15, 0.2) is 0 Å². The lowest BCUT2D eigenvalue weighted by atomic mass is 10.2. The van der Waals surface area contributed by atoms with E-state index in [4.69, 9.17) is 4.74 Å². The highest BCUT2D eigenvalue weighted by atomic mass is 19.1. The molecule has 1 heterocycles. The second-order valence-electron chi connectivity index (χ2n) is 3.90. The van der Waals surface area contributed by atoms with Gasteiger partial charge in [-0.05, 0) is 31.0 Å². The molecule has 1 N–H and O–H groups in total. The molecule has 0 spiro atoms. The van der Waals surface area contributed by atoms with E-state index in [1.807, 2.05) is 0 Å². The fourth-order valence-electron chi connectivity index (χ4n) is 1.79. The van der Waals surface area contributed by atoms with Gasteiger partial charge in [0.25, 0.3) is 0 Å². The summed E-state index contributed by atoms with van der Waals surface area (Å²) in [6.45, 7) is 0.734. The number of carbonyl (C=O) groups is 1. The second-order valence-corrected chi connectivity index (χ2v) is 3.90. The van der Waals surface area contributed by atoms with Crippen molar-refractivity contribution in [2.75, 3.05) is 11.9 Å². The zero-order valence-electron chi connectivity index (χ0n) is 8.91. The maximum Gasteiger partial charge on any atom is 0.226 e. The maximum atomic E-state index is 12.8. The molecule has 2 rings (SSSR count). The SMILES string of the molecule is O=C(CC1CCCO1)Nc1cccc(F)c1. The molecule has 1 aromatic carbocycles. The van der Waals surface area contributed by atoms with E-state index in [2.05, 4.69) is 5.32 Å². The zero-order chi connectivity index (χ0) is 11.4. The van der Waals surface area contributed by atoms with Gasteiger partial charge in [-0.2, -0.15) is 0 Å². The molecule has 1 aliphatic rings. The van der Waals surface area contributed by atoms with Crippen LogP contribution in [0.3, 0.4) is 0 Å². The van der Waals surface area contributed by atoms with Crippen LogP contribution in [0.5, 0.6) is 0 Å². The van der Waals surface area contributed by atoms with Gasteiger partial charge in [-0.15, -0.1) is 0 Å². The van der Waals surface area contributed by atoms with E-state index < -0.39 is 0 Å². The quantitative estimate of drug-likeness (QED) is 0.854. The Balaban J connectivity index is 1.86. The van der Waals surface area contributed by atoms with Crippen molar-refractivity contribution in [3.05, 3.63) is 30.1 Å². The molecule has 0 aromatic heterocycles. The van der Waals surface area contributed by atoms with E-state index in [1.165, 1.54) is 12.1 Å². The van der Waals surface area contributed by atoms with Crippen molar-refractivity contribution in [2.24, 2.45) is 0 Å². The minimum Gasteiger partial charge on any atom is -0.378 e. The van der Waals surface area contributed by atoms with Gasteiger partial charge in [0, 0.05) is 12.3 Å². The van der Waals surface area contributed by atoms with Crippen LogP contribution < -0.4 is 5.32 Å². The lowest BCUT2D eigenvalue weighted by Crippen LogP contribution is -2.19. The van der Waals surface area contributed by atoms with Crippen LogP contribution in [0, 0.1) is 5.82 Å². The van der Waals surface area contributed by atoms with Crippen molar-refractivity contribution < 1.29 is 13.9 Å². The summed E-state index contributed by atoms with van der Waals surface area (Å²) in [6.07, 6.45) is 2.30.